The first-order valence-electron chi connectivity index (χ1n) is 7.52. The fourth-order valence-electron chi connectivity index (χ4n) is 2.45. The van der Waals surface area contributed by atoms with Crippen LogP contribution >= 0.6 is 0 Å². The van der Waals surface area contributed by atoms with Gasteiger partial charge in [0.2, 0.25) is 0 Å². The molecule has 0 N–H and O–H groups in total. The molecule has 1 amide bonds. The zero-order valence-electron chi connectivity index (χ0n) is 13.2. The Kier molecular flexibility index (Phi) is 4.65. The number of ether oxygens (including phenoxy) is 3. The van der Waals surface area contributed by atoms with Crippen LogP contribution in [0.5, 0.6) is 5.75 Å². The third kappa shape index (κ3) is 3.32. The Morgan fingerprint density at radius 3 is 2.71 bits per heavy atom. The molecule has 0 saturated heterocycles. The van der Waals surface area contributed by atoms with Crippen molar-refractivity contribution in [1.29, 1.82) is 0 Å². The maximum Gasteiger partial charge on any atom is 0.414 e. The van der Waals surface area contributed by atoms with Gasteiger partial charge >= 0.3 is 12.1 Å². The summed E-state index contributed by atoms with van der Waals surface area (Å²) in [6.07, 6.45) is -0.450. The largest absolute Gasteiger partial charge is 0.490 e. The number of fused-ring (bicyclic) bond motifs is 1. The van der Waals surface area contributed by atoms with Gasteiger partial charge < -0.3 is 14.2 Å². The highest BCUT2D eigenvalue weighted by molar-refractivity contribution is 5.94. The molecule has 0 spiro atoms. The van der Waals surface area contributed by atoms with Crippen LogP contribution < -0.4 is 9.64 Å². The van der Waals surface area contributed by atoms with Crippen LogP contribution in [0.15, 0.2) is 48.5 Å². The lowest BCUT2D eigenvalue weighted by Crippen LogP contribution is -2.38. The van der Waals surface area contributed by atoms with Crippen molar-refractivity contribution < 1.29 is 23.8 Å². The van der Waals surface area contributed by atoms with Gasteiger partial charge in [0.1, 0.15) is 19.0 Å². The monoisotopic (exact) mass is 327 g/mol. The maximum atomic E-state index is 12.4. The van der Waals surface area contributed by atoms with E-state index in [2.05, 4.69) is 4.74 Å². The third-order valence-electron chi connectivity index (χ3n) is 3.67. The molecule has 2 aromatic carbocycles. The summed E-state index contributed by atoms with van der Waals surface area (Å²) in [4.78, 5) is 25.5. The predicted molar refractivity (Wildman–Crippen MR) is 87.2 cm³/mol. The van der Waals surface area contributed by atoms with Gasteiger partial charge in [-0.25, -0.2) is 9.59 Å². The number of carbonyl (C=O) groups excluding carboxylic acids is 2. The lowest BCUT2D eigenvalue weighted by Gasteiger charge is -2.29. The minimum absolute atomic E-state index is 0.201. The van der Waals surface area contributed by atoms with Crippen LogP contribution in [-0.2, 0) is 16.1 Å². The van der Waals surface area contributed by atoms with Gasteiger partial charge in [-0.3, -0.25) is 4.90 Å². The number of carbonyl (C=O) groups is 2. The van der Waals surface area contributed by atoms with Crippen molar-refractivity contribution in [2.45, 2.75) is 6.61 Å². The normalized spacial score (nSPS) is 12.8. The second kappa shape index (κ2) is 7.04. The minimum Gasteiger partial charge on any atom is -0.490 e. The van der Waals surface area contributed by atoms with Crippen molar-refractivity contribution in [1.82, 2.24) is 0 Å². The molecular weight excluding hydrogens is 310 g/mol. The van der Waals surface area contributed by atoms with Gasteiger partial charge in [-0.05, 0) is 23.8 Å². The zero-order chi connectivity index (χ0) is 16.9. The Balaban J connectivity index is 1.74. The molecule has 0 bridgehead atoms. The lowest BCUT2D eigenvalue weighted by atomic mass is 10.1. The van der Waals surface area contributed by atoms with Crippen molar-refractivity contribution in [3.05, 3.63) is 59.7 Å². The minimum atomic E-state index is -0.454. The number of rotatable bonds is 3. The molecule has 0 unspecified atom stereocenters. The van der Waals surface area contributed by atoms with E-state index in [-0.39, 0.29) is 6.61 Å². The van der Waals surface area contributed by atoms with E-state index in [9.17, 15) is 9.59 Å². The molecule has 0 radical (unpaired) electrons. The SMILES string of the molecule is COC(=O)c1ccc2c(c1)OCCN2C(=O)OCc1ccccc1. The summed E-state index contributed by atoms with van der Waals surface area (Å²) in [6.45, 7) is 0.920. The number of nitrogens with zero attached hydrogens (tertiary/aromatic N) is 1. The first kappa shape index (κ1) is 15.9. The quantitative estimate of drug-likeness (QED) is 0.811. The molecule has 0 aromatic heterocycles. The van der Waals surface area contributed by atoms with Gasteiger partial charge in [-0.15, -0.1) is 0 Å². The van der Waals surface area contributed by atoms with Crippen molar-refractivity contribution in [2.24, 2.45) is 0 Å². The van der Waals surface area contributed by atoms with E-state index < -0.39 is 12.1 Å². The number of benzene rings is 2. The molecule has 0 aliphatic carbocycles. The zero-order valence-corrected chi connectivity index (χ0v) is 13.2. The first-order chi connectivity index (χ1) is 11.7. The average molecular weight is 327 g/mol. The van der Waals surface area contributed by atoms with Crippen molar-refractivity contribution in [3.63, 3.8) is 0 Å². The fraction of sp³-hybridized carbons (Fsp3) is 0.222. The fourth-order valence-corrected chi connectivity index (χ4v) is 2.45. The number of methoxy groups -OCH3 is 1. The molecule has 0 atom stereocenters. The van der Waals surface area contributed by atoms with Crippen LogP contribution in [0.25, 0.3) is 0 Å². The summed E-state index contributed by atoms with van der Waals surface area (Å²) in [5.74, 6) is 0.00555. The lowest BCUT2D eigenvalue weighted by molar-refractivity contribution is 0.0600. The Hall–Kier alpha value is -3.02. The molecule has 2 aromatic rings. The summed E-state index contributed by atoms with van der Waals surface area (Å²) in [5.41, 5.74) is 1.86. The summed E-state index contributed by atoms with van der Waals surface area (Å²) in [6, 6.07) is 14.3. The van der Waals surface area contributed by atoms with Crippen LogP contribution in [-0.4, -0.2) is 32.3 Å². The van der Waals surface area contributed by atoms with E-state index in [0.29, 0.717) is 30.2 Å². The molecule has 0 saturated carbocycles. The second-order valence-corrected chi connectivity index (χ2v) is 5.21. The van der Waals surface area contributed by atoms with Crippen molar-refractivity contribution in [3.8, 4) is 5.75 Å². The molecule has 124 valence electrons. The molecule has 1 heterocycles. The Morgan fingerprint density at radius 1 is 1.17 bits per heavy atom. The van der Waals surface area contributed by atoms with Crippen LogP contribution in [0.2, 0.25) is 0 Å². The van der Waals surface area contributed by atoms with Crippen LogP contribution in [0.3, 0.4) is 0 Å². The highest BCUT2D eigenvalue weighted by Gasteiger charge is 2.26. The van der Waals surface area contributed by atoms with Gasteiger partial charge in [0.15, 0.2) is 0 Å². The first-order valence-corrected chi connectivity index (χ1v) is 7.52. The number of esters is 1. The molecular formula is C18H17NO5. The highest BCUT2D eigenvalue weighted by atomic mass is 16.6. The Morgan fingerprint density at radius 2 is 1.96 bits per heavy atom. The summed E-state index contributed by atoms with van der Waals surface area (Å²) < 4.78 is 15.6. The van der Waals surface area contributed by atoms with Gasteiger partial charge in [0.05, 0.1) is 24.9 Å². The molecule has 0 fully saturated rings. The standard InChI is InChI=1S/C18H17NO5/c1-22-17(20)14-7-8-15-16(11-14)23-10-9-19(15)18(21)24-12-13-5-3-2-4-6-13/h2-8,11H,9-10,12H2,1H3. The number of hydrogen-bond acceptors (Lipinski definition) is 5. The van der Waals surface area contributed by atoms with Gasteiger partial charge in [0, 0.05) is 0 Å². The van der Waals surface area contributed by atoms with E-state index in [1.807, 2.05) is 30.3 Å². The Bertz CT molecular complexity index is 744. The highest BCUT2D eigenvalue weighted by Crippen LogP contribution is 2.33. The third-order valence-corrected chi connectivity index (χ3v) is 3.67. The average Bonchev–Trinajstić information content (AvgIpc) is 2.65. The number of hydrogen-bond donors (Lipinski definition) is 0. The summed E-state index contributed by atoms with van der Waals surface area (Å²) >= 11 is 0. The molecule has 24 heavy (non-hydrogen) atoms. The molecule has 1 aliphatic rings. The van der Waals surface area contributed by atoms with Gasteiger partial charge in [-0.2, -0.15) is 0 Å². The van der Waals surface area contributed by atoms with Gasteiger partial charge in [-0.1, -0.05) is 30.3 Å². The summed E-state index contributed by atoms with van der Waals surface area (Å²) in [7, 11) is 1.32. The topological polar surface area (TPSA) is 65.1 Å². The van der Waals surface area contributed by atoms with E-state index in [0.717, 1.165) is 5.56 Å². The number of anilines is 1. The van der Waals surface area contributed by atoms with Gasteiger partial charge in [0.25, 0.3) is 0 Å². The van der Waals surface area contributed by atoms with E-state index in [4.69, 9.17) is 9.47 Å². The van der Waals surface area contributed by atoms with Crippen molar-refractivity contribution in [2.75, 3.05) is 25.2 Å². The molecule has 6 nitrogen and oxygen atoms in total. The van der Waals surface area contributed by atoms with E-state index in [1.165, 1.54) is 12.0 Å². The smallest absolute Gasteiger partial charge is 0.414 e. The van der Waals surface area contributed by atoms with E-state index >= 15 is 0 Å². The van der Waals surface area contributed by atoms with Crippen LogP contribution in [0.1, 0.15) is 15.9 Å². The van der Waals surface area contributed by atoms with E-state index in [1.54, 1.807) is 18.2 Å². The van der Waals surface area contributed by atoms with Crippen LogP contribution in [0.4, 0.5) is 10.5 Å². The summed E-state index contributed by atoms with van der Waals surface area (Å²) in [5, 5.41) is 0. The predicted octanol–water partition coefficient (Wildman–Crippen LogP) is 3.01. The molecule has 6 heteroatoms. The Labute approximate surface area is 139 Å². The maximum absolute atomic E-state index is 12.4. The number of amides is 1. The molecule has 1 aliphatic heterocycles. The second-order valence-electron chi connectivity index (χ2n) is 5.21. The van der Waals surface area contributed by atoms with Crippen LogP contribution in [0, 0.1) is 0 Å². The molecule has 3 rings (SSSR count). The van der Waals surface area contributed by atoms with Crippen molar-refractivity contribution >= 4 is 17.7 Å².